The maximum absolute atomic E-state index is 12.4. The summed E-state index contributed by atoms with van der Waals surface area (Å²) in [5, 5.41) is 0.697. The molecule has 13 heavy (non-hydrogen) atoms. The quantitative estimate of drug-likeness (QED) is 0.756. The fourth-order valence-electron chi connectivity index (χ4n) is 1.18. The standard InChI is InChI=1S/C8H5BrF2N2/c9-6-1-3-12-7-5(6)2-4-13(7)8(10)11/h1-4,8H. The maximum Gasteiger partial charge on any atom is 0.320 e. The van der Waals surface area contributed by atoms with Gasteiger partial charge in [0.1, 0.15) is 5.65 Å². The van der Waals surface area contributed by atoms with Crippen LogP contribution in [0.1, 0.15) is 6.55 Å². The predicted molar refractivity (Wildman–Crippen MR) is 48.7 cm³/mol. The Labute approximate surface area is 81.3 Å². The lowest BCUT2D eigenvalue weighted by molar-refractivity contribution is 0.0746. The first-order chi connectivity index (χ1) is 6.20. The fraction of sp³-hybridized carbons (Fsp3) is 0.125. The van der Waals surface area contributed by atoms with Gasteiger partial charge >= 0.3 is 6.55 Å². The second-order valence-corrected chi connectivity index (χ2v) is 3.39. The molecule has 0 aliphatic rings. The van der Waals surface area contributed by atoms with E-state index in [1.165, 1.54) is 12.4 Å². The highest BCUT2D eigenvalue weighted by atomic mass is 79.9. The lowest BCUT2D eigenvalue weighted by atomic mass is 10.3. The van der Waals surface area contributed by atoms with Crippen LogP contribution in [-0.4, -0.2) is 9.55 Å². The molecule has 2 rings (SSSR count). The number of rotatable bonds is 1. The van der Waals surface area contributed by atoms with Crippen molar-refractivity contribution in [1.82, 2.24) is 9.55 Å². The summed E-state index contributed by atoms with van der Waals surface area (Å²) in [6, 6.07) is 3.33. The van der Waals surface area contributed by atoms with Crippen LogP contribution >= 0.6 is 15.9 Å². The number of fused-ring (bicyclic) bond motifs is 1. The van der Waals surface area contributed by atoms with Gasteiger partial charge in [-0.15, -0.1) is 0 Å². The van der Waals surface area contributed by atoms with Gasteiger partial charge in [-0.05, 0) is 28.1 Å². The Morgan fingerprint density at radius 2 is 2.15 bits per heavy atom. The van der Waals surface area contributed by atoms with E-state index in [1.807, 2.05) is 0 Å². The summed E-state index contributed by atoms with van der Waals surface area (Å²) in [4.78, 5) is 3.88. The first-order valence-corrected chi connectivity index (χ1v) is 4.38. The van der Waals surface area contributed by atoms with Crippen LogP contribution in [0.5, 0.6) is 0 Å². The van der Waals surface area contributed by atoms with Crippen molar-refractivity contribution < 1.29 is 8.78 Å². The number of hydrogen-bond donors (Lipinski definition) is 0. The van der Waals surface area contributed by atoms with E-state index in [2.05, 4.69) is 20.9 Å². The van der Waals surface area contributed by atoms with Crippen molar-refractivity contribution in [2.24, 2.45) is 0 Å². The minimum atomic E-state index is -2.54. The molecule has 68 valence electrons. The third-order valence-corrected chi connectivity index (χ3v) is 2.46. The summed E-state index contributed by atoms with van der Waals surface area (Å²) in [7, 11) is 0. The number of hydrogen-bond acceptors (Lipinski definition) is 1. The zero-order valence-electron chi connectivity index (χ0n) is 6.42. The first-order valence-electron chi connectivity index (χ1n) is 3.59. The molecule has 0 atom stereocenters. The molecule has 0 amide bonds. The molecule has 0 saturated heterocycles. The van der Waals surface area contributed by atoms with Crippen LogP contribution in [0.3, 0.4) is 0 Å². The van der Waals surface area contributed by atoms with Crippen LogP contribution in [0.4, 0.5) is 8.78 Å². The largest absolute Gasteiger partial charge is 0.320 e. The minimum absolute atomic E-state index is 0.296. The number of aromatic nitrogens is 2. The van der Waals surface area contributed by atoms with Crippen LogP contribution in [0, 0.1) is 0 Å². The van der Waals surface area contributed by atoms with Gasteiger partial charge in [-0.25, -0.2) is 4.98 Å². The van der Waals surface area contributed by atoms with Gasteiger partial charge in [-0.2, -0.15) is 8.78 Å². The first kappa shape index (κ1) is 8.62. The van der Waals surface area contributed by atoms with E-state index in [1.54, 1.807) is 12.1 Å². The molecular weight excluding hydrogens is 242 g/mol. The molecule has 2 heterocycles. The lowest BCUT2D eigenvalue weighted by Gasteiger charge is -2.01. The van der Waals surface area contributed by atoms with Crippen molar-refractivity contribution in [3.8, 4) is 0 Å². The maximum atomic E-state index is 12.4. The highest BCUT2D eigenvalue weighted by Gasteiger charge is 2.11. The summed E-state index contributed by atoms with van der Waals surface area (Å²) in [5.74, 6) is 0. The molecule has 2 aromatic rings. The molecule has 5 heteroatoms. The van der Waals surface area contributed by atoms with E-state index in [4.69, 9.17) is 0 Å². The Balaban J connectivity index is 2.75. The van der Waals surface area contributed by atoms with Crippen LogP contribution in [0.25, 0.3) is 11.0 Å². The summed E-state index contributed by atoms with van der Waals surface area (Å²) < 4.78 is 26.3. The van der Waals surface area contributed by atoms with E-state index in [9.17, 15) is 8.78 Å². The summed E-state index contributed by atoms with van der Waals surface area (Å²) >= 11 is 3.26. The fourth-order valence-corrected chi connectivity index (χ4v) is 1.61. The van der Waals surface area contributed by atoms with Gasteiger partial charge in [-0.3, -0.25) is 4.57 Å². The van der Waals surface area contributed by atoms with E-state index in [-0.39, 0.29) is 0 Å². The smallest absolute Gasteiger partial charge is 0.275 e. The molecule has 0 aliphatic heterocycles. The van der Waals surface area contributed by atoms with E-state index < -0.39 is 6.55 Å². The normalized spacial score (nSPS) is 11.4. The molecule has 0 bridgehead atoms. The Morgan fingerprint density at radius 1 is 1.38 bits per heavy atom. The molecule has 0 radical (unpaired) electrons. The van der Waals surface area contributed by atoms with E-state index in [0.29, 0.717) is 11.0 Å². The second-order valence-electron chi connectivity index (χ2n) is 2.53. The Kier molecular flexibility index (Phi) is 2.03. The number of alkyl halides is 2. The van der Waals surface area contributed by atoms with Gasteiger partial charge in [-0.1, -0.05) is 0 Å². The minimum Gasteiger partial charge on any atom is -0.275 e. The molecule has 2 aromatic heterocycles. The SMILES string of the molecule is FC(F)n1ccc2c(Br)ccnc21. The van der Waals surface area contributed by atoms with Gasteiger partial charge in [0, 0.05) is 22.3 Å². The van der Waals surface area contributed by atoms with Gasteiger partial charge in [0.25, 0.3) is 0 Å². The van der Waals surface area contributed by atoms with Crippen LogP contribution in [0.15, 0.2) is 29.0 Å². The predicted octanol–water partition coefficient (Wildman–Crippen LogP) is 3.19. The van der Waals surface area contributed by atoms with E-state index in [0.717, 1.165) is 9.04 Å². The Hall–Kier alpha value is -0.970. The zero-order valence-corrected chi connectivity index (χ0v) is 8.00. The molecule has 0 N–H and O–H groups in total. The molecule has 0 aliphatic carbocycles. The molecule has 0 aromatic carbocycles. The number of nitrogens with zero attached hydrogens (tertiary/aromatic N) is 2. The van der Waals surface area contributed by atoms with Crippen LogP contribution < -0.4 is 0 Å². The van der Waals surface area contributed by atoms with Crippen LogP contribution in [-0.2, 0) is 0 Å². The van der Waals surface area contributed by atoms with Crippen molar-refractivity contribution in [3.63, 3.8) is 0 Å². The van der Waals surface area contributed by atoms with Crippen molar-refractivity contribution in [1.29, 1.82) is 0 Å². The number of pyridine rings is 1. The highest BCUT2D eigenvalue weighted by molar-refractivity contribution is 9.10. The van der Waals surface area contributed by atoms with Crippen molar-refractivity contribution in [2.75, 3.05) is 0 Å². The zero-order chi connectivity index (χ0) is 9.42. The van der Waals surface area contributed by atoms with Gasteiger partial charge in [0.2, 0.25) is 0 Å². The van der Waals surface area contributed by atoms with Crippen molar-refractivity contribution >= 4 is 27.0 Å². The molecule has 0 fully saturated rings. The van der Waals surface area contributed by atoms with Gasteiger partial charge in [0.05, 0.1) is 0 Å². The molecule has 0 spiro atoms. The third kappa shape index (κ3) is 1.33. The molecule has 0 saturated carbocycles. The van der Waals surface area contributed by atoms with Crippen molar-refractivity contribution in [2.45, 2.75) is 6.55 Å². The topological polar surface area (TPSA) is 17.8 Å². The second kappa shape index (κ2) is 3.06. The van der Waals surface area contributed by atoms with Gasteiger partial charge in [0.15, 0.2) is 0 Å². The molecule has 0 unspecified atom stereocenters. The summed E-state index contributed by atoms with van der Waals surface area (Å²) in [6.45, 7) is -2.54. The molecule has 2 nitrogen and oxygen atoms in total. The Morgan fingerprint density at radius 3 is 2.85 bits per heavy atom. The molecular formula is C8H5BrF2N2. The van der Waals surface area contributed by atoms with Crippen LogP contribution in [0.2, 0.25) is 0 Å². The van der Waals surface area contributed by atoms with Gasteiger partial charge < -0.3 is 0 Å². The summed E-state index contributed by atoms with van der Waals surface area (Å²) in [5.41, 5.74) is 0.296. The Bertz CT molecular complexity index is 439. The average molecular weight is 247 g/mol. The lowest BCUT2D eigenvalue weighted by Crippen LogP contribution is -1.96. The monoisotopic (exact) mass is 246 g/mol. The van der Waals surface area contributed by atoms with E-state index >= 15 is 0 Å². The highest BCUT2D eigenvalue weighted by Crippen LogP contribution is 2.25. The number of halogens is 3. The average Bonchev–Trinajstić information content (AvgIpc) is 2.48. The third-order valence-electron chi connectivity index (χ3n) is 1.77. The summed E-state index contributed by atoms with van der Waals surface area (Å²) in [6.07, 6.45) is 2.82. The van der Waals surface area contributed by atoms with Crippen molar-refractivity contribution in [3.05, 3.63) is 29.0 Å².